The van der Waals surface area contributed by atoms with E-state index in [0.717, 1.165) is 12.0 Å². The normalized spacial score (nSPS) is 27.1. The smallest absolute Gasteiger partial charge is 0.0499 e. The van der Waals surface area contributed by atoms with E-state index in [-0.39, 0.29) is 6.04 Å². The number of likely N-dealkylation sites (tertiary alicyclic amines) is 1. The van der Waals surface area contributed by atoms with E-state index in [0.29, 0.717) is 6.04 Å². The van der Waals surface area contributed by atoms with Crippen LogP contribution >= 0.6 is 0 Å². The van der Waals surface area contributed by atoms with Crippen LogP contribution in [0.4, 0.5) is 0 Å². The van der Waals surface area contributed by atoms with Crippen molar-refractivity contribution in [2.24, 2.45) is 11.7 Å². The summed E-state index contributed by atoms with van der Waals surface area (Å²) in [7, 11) is 0. The molecule has 1 saturated heterocycles. The fourth-order valence-corrected chi connectivity index (χ4v) is 4.57. The lowest BCUT2D eigenvalue weighted by Crippen LogP contribution is -2.44. The summed E-state index contributed by atoms with van der Waals surface area (Å²) in [4.78, 5) is 2.74. The van der Waals surface area contributed by atoms with E-state index in [4.69, 9.17) is 5.73 Å². The lowest BCUT2D eigenvalue weighted by molar-refractivity contribution is 0.120. The fourth-order valence-electron chi connectivity index (χ4n) is 4.57. The largest absolute Gasteiger partial charge is 0.326 e. The summed E-state index contributed by atoms with van der Waals surface area (Å²) >= 11 is 0. The van der Waals surface area contributed by atoms with Crippen LogP contribution in [0, 0.1) is 12.8 Å². The Morgan fingerprint density at radius 3 is 2.33 bits per heavy atom. The molecule has 2 fully saturated rings. The zero-order chi connectivity index (χ0) is 14.8. The molecule has 2 nitrogen and oxygen atoms in total. The number of benzene rings is 1. The third-order valence-corrected chi connectivity index (χ3v) is 5.56. The molecule has 1 aliphatic carbocycles. The molecular weight excluding hydrogens is 256 g/mol. The average Bonchev–Trinajstić information content (AvgIpc) is 3.11. The molecule has 21 heavy (non-hydrogen) atoms. The number of hydrogen-bond acceptors (Lipinski definition) is 2. The van der Waals surface area contributed by atoms with E-state index in [1.807, 2.05) is 0 Å². The van der Waals surface area contributed by atoms with Gasteiger partial charge < -0.3 is 5.73 Å². The number of hydrogen-bond donors (Lipinski definition) is 1. The number of nitrogens with zero attached hydrogens (tertiary/aromatic N) is 1. The number of nitrogens with two attached hydrogens (primary N) is 1. The maximum absolute atomic E-state index is 6.41. The van der Waals surface area contributed by atoms with Crippen molar-refractivity contribution in [1.82, 2.24) is 4.90 Å². The van der Waals surface area contributed by atoms with Crippen LogP contribution in [0.1, 0.15) is 62.6 Å². The Morgan fingerprint density at radius 2 is 1.71 bits per heavy atom. The zero-order valence-electron chi connectivity index (χ0n) is 13.6. The van der Waals surface area contributed by atoms with E-state index in [2.05, 4.69) is 43.0 Å². The van der Waals surface area contributed by atoms with Crippen LogP contribution in [0.3, 0.4) is 0 Å². The first-order valence-electron chi connectivity index (χ1n) is 8.74. The second-order valence-corrected chi connectivity index (χ2v) is 7.21. The molecule has 0 bridgehead atoms. The molecule has 0 aromatic heterocycles. The minimum atomic E-state index is 0.190. The second kappa shape index (κ2) is 6.50. The summed E-state index contributed by atoms with van der Waals surface area (Å²) in [6, 6.07) is 10.4. The van der Waals surface area contributed by atoms with Gasteiger partial charge in [0.1, 0.15) is 0 Å². The van der Waals surface area contributed by atoms with Gasteiger partial charge in [-0.15, -0.1) is 0 Å². The minimum Gasteiger partial charge on any atom is -0.326 e. The van der Waals surface area contributed by atoms with Crippen LogP contribution in [0.2, 0.25) is 0 Å². The van der Waals surface area contributed by atoms with Gasteiger partial charge in [0.05, 0.1) is 0 Å². The van der Waals surface area contributed by atoms with E-state index in [1.165, 1.54) is 56.2 Å². The average molecular weight is 286 g/mol. The van der Waals surface area contributed by atoms with Crippen molar-refractivity contribution in [2.75, 3.05) is 6.54 Å². The van der Waals surface area contributed by atoms with Crippen LogP contribution in [-0.4, -0.2) is 23.5 Å². The highest BCUT2D eigenvalue weighted by atomic mass is 15.2. The Morgan fingerprint density at radius 1 is 1.05 bits per heavy atom. The van der Waals surface area contributed by atoms with Gasteiger partial charge in [-0.1, -0.05) is 42.7 Å². The molecule has 0 amide bonds. The Hall–Kier alpha value is -0.860. The third-order valence-electron chi connectivity index (χ3n) is 5.56. The fraction of sp³-hybridized carbons (Fsp3) is 0.684. The standard InChI is InChI=1S/C19H30N2/c1-14-9-11-17(12-10-14)19(15(2)20)21-13-5-8-18(21)16-6-3-4-7-16/h9-12,15-16,18-19H,3-8,13,20H2,1-2H3. The maximum atomic E-state index is 6.41. The Bertz CT molecular complexity index is 445. The SMILES string of the molecule is Cc1ccc(C(C(C)N)N2CCCC2C2CCCC2)cc1. The molecule has 3 atom stereocenters. The molecule has 1 saturated carbocycles. The van der Waals surface area contributed by atoms with Crippen LogP contribution in [-0.2, 0) is 0 Å². The number of rotatable bonds is 4. The summed E-state index contributed by atoms with van der Waals surface area (Å²) in [5.41, 5.74) is 9.14. The first kappa shape index (κ1) is 15.1. The van der Waals surface area contributed by atoms with Crippen molar-refractivity contribution in [3.8, 4) is 0 Å². The van der Waals surface area contributed by atoms with Crippen LogP contribution in [0.15, 0.2) is 24.3 Å². The van der Waals surface area contributed by atoms with Crippen molar-refractivity contribution in [3.05, 3.63) is 35.4 Å². The van der Waals surface area contributed by atoms with Crippen LogP contribution in [0.25, 0.3) is 0 Å². The summed E-state index contributed by atoms with van der Waals surface area (Å²) in [6.07, 6.45) is 8.45. The molecule has 1 heterocycles. The molecule has 2 aliphatic rings. The molecule has 116 valence electrons. The van der Waals surface area contributed by atoms with E-state index >= 15 is 0 Å². The van der Waals surface area contributed by atoms with Gasteiger partial charge in [0.25, 0.3) is 0 Å². The lowest BCUT2D eigenvalue weighted by Gasteiger charge is -2.38. The van der Waals surface area contributed by atoms with Crippen molar-refractivity contribution in [3.63, 3.8) is 0 Å². The van der Waals surface area contributed by atoms with Crippen molar-refractivity contribution < 1.29 is 0 Å². The molecule has 3 rings (SSSR count). The molecule has 1 aliphatic heterocycles. The quantitative estimate of drug-likeness (QED) is 0.905. The van der Waals surface area contributed by atoms with Gasteiger partial charge in [-0.05, 0) is 57.6 Å². The first-order valence-corrected chi connectivity index (χ1v) is 8.74. The summed E-state index contributed by atoms with van der Waals surface area (Å²) in [5, 5.41) is 0. The van der Waals surface area contributed by atoms with Gasteiger partial charge in [0.2, 0.25) is 0 Å². The summed E-state index contributed by atoms with van der Waals surface area (Å²) < 4.78 is 0. The highest BCUT2D eigenvalue weighted by molar-refractivity contribution is 5.25. The van der Waals surface area contributed by atoms with Gasteiger partial charge in [0.15, 0.2) is 0 Å². The van der Waals surface area contributed by atoms with Gasteiger partial charge >= 0.3 is 0 Å². The summed E-state index contributed by atoms with van der Waals surface area (Å²) in [6.45, 7) is 5.55. The van der Waals surface area contributed by atoms with Gasteiger partial charge in [-0.3, -0.25) is 4.90 Å². The Balaban J connectivity index is 1.83. The van der Waals surface area contributed by atoms with Gasteiger partial charge in [-0.2, -0.15) is 0 Å². The molecule has 0 spiro atoms. The van der Waals surface area contributed by atoms with E-state index < -0.39 is 0 Å². The van der Waals surface area contributed by atoms with E-state index in [9.17, 15) is 0 Å². The predicted octanol–water partition coefficient (Wildman–Crippen LogP) is 4.04. The monoisotopic (exact) mass is 286 g/mol. The minimum absolute atomic E-state index is 0.190. The van der Waals surface area contributed by atoms with E-state index in [1.54, 1.807) is 0 Å². The third kappa shape index (κ3) is 3.17. The highest BCUT2D eigenvalue weighted by Gasteiger charge is 2.38. The lowest BCUT2D eigenvalue weighted by atomic mass is 9.92. The highest BCUT2D eigenvalue weighted by Crippen LogP contribution is 2.40. The molecule has 1 aromatic carbocycles. The van der Waals surface area contributed by atoms with Crippen LogP contribution in [0.5, 0.6) is 0 Å². The van der Waals surface area contributed by atoms with Crippen molar-refractivity contribution in [2.45, 2.75) is 70.5 Å². The molecule has 1 aromatic rings. The Labute approximate surface area is 129 Å². The number of aryl methyl sites for hydroxylation is 1. The second-order valence-electron chi connectivity index (χ2n) is 7.21. The topological polar surface area (TPSA) is 29.3 Å². The molecule has 0 radical (unpaired) electrons. The zero-order valence-corrected chi connectivity index (χ0v) is 13.6. The first-order chi connectivity index (χ1) is 10.2. The van der Waals surface area contributed by atoms with Crippen LogP contribution < -0.4 is 5.73 Å². The molecule has 2 N–H and O–H groups in total. The Kier molecular flexibility index (Phi) is 4.66. The van der Waals surface area contributed by atoms with Gasteiger partial charge in [-0.25, -0.2) is 0 Å². The molecule has 3 unspecified atom stereocenters. The van der Waals surface area contributed by atoms with Crippen molar-refractivity contribution in [1.29, 1.82) is 0 Å². The van der Waals surface area contributed by atoms with Gasteiger partial charge in [0, 0.05) is 18.1 Å². The molecular formula is C19H30N2. The maximum Gasteiger partial charge on any atom is 0.0499 e. The molecule has 2 heteroatoms. The predicted molar refractivity (Wildman–Crippen MR) is 89.3 cm³/mol. The van der Waals surface area contributed by atoms with Crippen molar-refractivity contribution >= 4 is 0 Å². The summed E-state index contributed by atoms with van der Waals surface area (Å²) in [5.74, 6) is 0.916.